The van der Waals surface area contributed by atoms with Crippen molar-refractivity contribution in [2.24, 2.45) is 11.3 Å². The summed E-state index contributed by atoms with van der Waals surface area (Å²) in [6.07, 6.45) is 3.15. The zero-order valence-corrected chi connectivity index (χ0v) is 17.5. The van der Waals surface area contributed by atoms with Crippen LogP contribution >= 0.6 is 0 Å². The zero-order chi connectivity index (χ0) is 20.7. The van der Waals surface area contributed by atoms with Gasteiger partial charge in [0.2, 0.25) is 5.91 Å². The van der Waals surface area contributed by atoms with E-state index in [9.17, 15) is 14.4 Å². The standard InChI is InChI=1S/C20H31N3O5/c1-17(2,3)28-16(26)21-13-14(24)23-12(15(25)27-6)11-9-20(23,22-18(13,4)5)10-19(11)7-8-19/h11-13,22H,7-10H2,1-6H3,(H,21,26)/t11-,12-,13+,20-/m0/s1. The highest BCUT2D eigenvalue weighted by Gasteiger charge is 2.76. The summed E-state index contributed by atoms with van der Waals surface area (Å²) in [7, 11) is 1.36. The lowest BCUT2D eigenvalue weighted by Gasteiger charge is -2.55. The van der Waals surface area contributed by atoms with Gasteiger partial charge in [-0.2, -0.15) is 0 Å². The molecule has 0 radical (unpaired) electrons. The molecule has 8 heteroatoms. The fourth-order valence-electron chi connectivity index (χ4n) is 5.83. The van der Waals surface area contributed by atoms with Crippen molar-refractivity contribution in [1.82, 2.24) is 15.5 Å². The number of esters is 1. The van der Waals surface area contributed by atoms with Crippen LogP contribution in [0.15, 0.2) is 0 Å². The number of hydrogen-bond donors (Lipinski definition) is 2. The number of rotatable bonds is 2. The van der Waals surface area contributed by atoms with Crippen LogP contribution in [0.4, 0.5) is 4.79 Å². The molecule has 2 saturated carbocycles. The van der Waals surface area contributed by atoms with Crippen molar-refractivity contribution in [1.29, 1.82) is 0 Å². The van der Waals surface area contributed by atoms with Crippen LogP contribution in [0.3, 0.4) is 0 Å². The average molecular weight is 393 g/mol. The quantitative estimate of drug-likeness (QED) is 0.691. The Kier molecular flexibility index (Phi) is 3.91. The Balaban J connectivity index is 1.65. The molecule has 156 valence electrons. The molecule has 0 aromatic heterocycles. The molecule has 2 saturated heterocycles. The van der Waals surface area contributed by atoms with E-state index >= 15 is 0 Å². The van der Waals surface area contributed by atoms with Gasteiger partial charge in [-0.05, 0) is 71.6 Å². The third-order valence-corrected chi connectivity index (χ3v) is 6.87. The number of ether oxygens (including phenoxy) is 2. The number of hydrogen-bond acceptors (Lipinski definition) is 6. The summed E-state index contributed by atoms with van der Waals surface area (Å²) in [5.74, 6) is -0.515. The van der Waals surface area contributed by atoms with E-state index in [1.165, 1.54) is 7.11 Å². The Labute approximate surface area is 165 Å². The summed E-state index contributed by atoms with van der Waals surface area (Å²) >= 11 is 0. The number of amides is 2. The molecule has 0 aromatic rings. The van der Waals surface area contributed by atoms with E-state index in [1.54, 1.807) is 25.7 Å². The predicted octanol–water partition coefficient (Wildman–Crippen LogP) is 1.53. The number of fused-ring (bicyclic) bond motifs is 2. The summed E-state index contributed by atoms with van der Waals surface area (Å²) < 4.78 is 10.4. The minimum Gasteiger partial charge on any atom is -0.467 e. The second-order valence-corrected chi connectivity index (χ2v) is 10.5. The normalized spacial score (nSPS) is 36.9. The van der Waals surface area contributed by atoms with Crippen LogP contribution < -0.4 is 10.6 Å². The molecular weight excluding hydrogens is 362 g/mol. The largest absolute Gasteiger partial charge is 0.467 e. The molecule has 0 aromatic carbocycles. The van der Waals surface area contributed by atoms with Crippen LogP contribution in [-0.4, -0.2) is 58.9 Å². The van der Waals surface area contributed by atoms with E-state index in [0.717, 1.165) is 25.7 Å². The van der Waals surface area contributed by atoms with Gasteiger partial charge < -0.3 is 19.7 Å². The summed E-state index contributed by atoms with van der Waals surface area (Å²) in [5, 5.41) is 6.37. The topological polar surface area (TPSA) is 97.0 Å². The number of alkyl carbamates (subject to hydrolysis) is 1. The number of piperidine rings is 1. The molecule has 2 aliphatic carbocycles. The summed E-state index contributed by atoms with van der Waals surface area (Å²) in [4.78, 5) is 40.3. The first-order valence-electron chi connectivity index (χ1n) is 10.0. The Morgan fingerprint density at radius 1 is 1.25 bits per heavy atom. The van der Waals surface area contributed by atoms with Crippen molar-refractivity contribution in [3.8, 4) is 0 Å². The molecule has 2 amide bonds. The third kappa shape index (κ3) is 2.71. The second kappa shape index (κ2) is 5.62. The van der Waals surface area contributed by atoms with Crippen LogP contribution in [0.2, 0.25) is 0 Å². The van der Waals surface area contributed by atoms with Gasteiger partial charge in [-0.15, -0.1) is 0 Å². The molecule has 8 nitrogen and oxygen atoms in total. The molecule has 4 atom stereocenters. The van der Waals surface area contributed by atoms with E-state index < -0.39 is 35.0 Å². The first-order valence-corrected chi connectivity index (χ1v) is 10.0. The molecule has 4 fully saturated rings. The van der Waals surface area contributed by atoms with E-state index in [4.69, 9.17) is 9.47 Å². The van der Waals surface area contributed by atoms with E-state index in [1.807, 2.05) is 13.8 Å². The third-order valence-electron chi connectivity index (χ3n) is 6.87. The lowest BCUT2D eigenvalue weighted by Crippen LogP contribution is -2.80. The monoisotopic (exact) mass is 393 g/mol. The molecular formula is C20H31N3O5. The van der Waals surface area contributed by atoms with Crippen molar-refractivity contribution in [2.75, 3.05) is 7.11 Å². The van der Waals surface area contributed by atoms with Crippen molar-refractivity contribution in [2.45, 2.75) is 89.2 Å². The number of nitrogens with zero attached hydrogens (tertiary/aromatic N) is 1. The molecule has 4 aliphatic rings. The van der Waals surface area contributed by atoms with Gasteiger partial charge in [0.05, 0.1) is 12.8 Å². The van der Waals surface area contributed by atoms with Gasteiger partial charge in [0.1, 0.15) is 17.7 Å². The Bertz CT molecular complexity index is 739. The minimum absolute atomic E-state index is 0.104. The minimum atomic E-state index is -0.838. The molecule has 2 heterocycles. The highest BCUT2D eigenvalue weighted by Crippen LogP contribution is 2.71. The highest BCUT2D eigenvalue weighted by atomic mass is 16.6. The van der Waals surface area contributed by atoms with E-state index in [2.05, 4.69) is 10.6 Å². The van der Waals surface area contributed by atoms with Gasteiger partial charge in [0.25, 0.3) is 0 Å². The van der Waals surface area contributed by atoms with Gasteiger partial charge in [0.15, 0.2) is 0 Å². The number of nitrogens with one attached hydrogen (secondary N) is 2. The molecule has 2 aliphatic heterocycles. The van der Waals surface area contributed by atoms with E-state index in [0.29, 0.717) is 0 Å². The summed E-state index contributed by atoms with van der Waals surface area (Å²) in [5.41, 5.74) is -1.75. The van der Waals surface area contributed by atoms with Gasteiger partial charge in [0, 0.05) is 5.54 Å². The maximum Gasteiger partial charge on any atom is 0.408 e. The Hall–Kier alpha value is -1.83. The zero-order valence-electron chi connectivity index (χ0n) is 17.5. The lowest BCUT2D eigenvalue weighted by atomic mass is 9.80. The molecule has 4 rings (SSSR count). The smallest absolute Gasteiger partial charge is 0.408 e. The molecule has 28 heavy (non-hydrogen) atoms. The molecule has 2 N–H and O–H groups in total. The highest BCUT2D eigenvalue weighted by molar-refractivity contribution is 5.93. The van der Waals surface area contributed by atoms with Crippen molar-refractivity contribution in [3.63, 3.8) is 0 Å². The Morgan fingerprint density at radius 3 is 2.43 bits per heavy atom. The number of carbonyl (C=O) groups excluding carboxylic acids is 3. The van der Waals surface area contributed by atoms with Crippen molar-refractivity contribution in [3.05, 3.63) is 0 Å². The van der Waals surface area contributed by atoms with Crippen molar-refractivity contribution < 1.29 is 23.9 Å². The van der Waals surface area contributed by atoms with Crippen molar-refractivity contribution >= 4 is 18.0 Å². The van der Waals surface area contributed by atoms with Crippen LogP contribution in [0.1, 0.15) is 60.3 Å². The van der Waals surface area contributed by atoms with Crippen LogP contribution in [-0.2, 0) is 19.1 Å². The number of carbonyl (C=O) groups is 3. The van der Waals surface area contributed by atoms with Gasteiger partial charge in [-0.3, -0.25) is 10.1 Å². The lowest BCUT2D eigenvalue weighted by molar-refractivity contribution is -0.170. The van der Waals surface area contributed by atoms with Gasteiger partial charge in [-0.25, -0.2) is 9.59 Å². The number of methoxy groups -OCH3 is 1. The van der Waals surface area contributed by atoms with E-state index in [-0.39, 0.29) is 23.2 Å². The SMILES string of the molecule is COC(=O)[C@@H]1[C@@H]2C[C@]3(CC24CC4)NC(C)(C)[C@H](NC(=O)OC(C)(C)C)C(=O)N13. The van der Waals surface area contributed by atoms with Gasteiger partial charge in [-0.1, -0.05) is 0 Å². The first-order chi connectivity index (χ1) is 12.8. The average Bonchev–Trinajstić information content (AvgIpc) is 3.12. The maximum atomic E-state index is 13.6. The fourth-order valence-corrected chi connectivity index (χ4v) is 5.83. The first kappa shape index (κ1) is 19.5. The fraction of sp³-hybridized carbons (Fsp3) is 0.850. The van der Waals surface area contributed by atoms with Crippen LogP contribution in [0.25, 0.3) is 0 Å². The summed E-state index contributed by atoms with van der Waals surface area (Å²) in [6.45, 7) is 9.15. The predicted molar refractivity (Wildman–Crippen MR) is 100 cm³/mol. The van der Waals surface area contributed by atoms with Crippen LogP contribution in [0.5, 0.6) is 0 Å². The molecule has 2 spiro atoms. The summed E-state index contributed by atoms with van der Waals surface area (Å²) in [6, 6.07) is -1.44. The molecule has 2 bridgehead atoms. The second-order valence-electron chi connectivity index (χ2n) is 10.5. The van der Waals surface area contributed by atoms with Gasteiger partial charge >= 0.3 is 12.1 Å². The maximum absolute atomic E-state index is 13.6. The molecule has 0 unspecified atom stereocenters. The Morgan fingerprint density at radius 2 is 1.89 bits per heavy atom. The van der Waals surface area contributed by atoms with Crippen LogP contribution in [0, 0.1) is 11.3 Å².